The molecule has 1 aliphatic heterocycles. The third kappa shape index (κ3) is 3.53. The van der Waals surface area contributed by atoms with Gasteiger partial charge >= 0.3 is 0 Å². The van der Waals surface area contributed by atoms with Gasteiger partial charge in [-0.25, -0.2) is 4.98 Å². The first-order chi connectivity index (χ1) is 10.3. The van der Waals surface area contributed by atoms with E-state index in [1.165, 1.54) is 0 Å². The van der Waals surface area contributed by atoms with Crippen LogP contribution in [0.1, 0.15) is 5.69 Å². The Balaban J connectivity index is 1.51. The van der Waals surface area contributed by atoms with Crippen molar-refractivity contribution in [1.29, 1.82) is 0 Å². The number of hydrogen-bond acceptors (Lipinski definition) is 5. The van der Waals surface area contributed by atoms with Gasteiger partial charge in [-0.05, 0) is 12.1 Å². The molecule has 2 aromatic rings. The van der Waals surface area contributed by atoms with Crippen LogP contribution in [-0.4, -0.2) is 35.0 Å². The summed E-state index contributed by atoms with van der Waals surface area (Å²) in [5, 5.41) is 9.00. The van der Waals surface area contributed by atoms with Crippen LogP contribution in [0.15, 0.2) is 42.1 Å². The first kappa shape index (κ1) is 13.9. The minimum atomic E-state index is -0.189. The SMILES string of the molecule is O=C(NCCc1csc(-c2cccnc2)n1)[C@@H]1C=CCN1. The molecule has 0 unspecified atom stereocenters. The third-order valence-electron chi connectivity index (χ3n) is 3.21. The number of aromatic nitrogens is 2. The number of hydrogen-bond donors (Lipinski definition) is 2. The van der Waals surface area contributed by atoms with E-state index in [0.29, 0.717) is 6.54 Å². The molecule has 1 aliphatic rings. The van der Waals surface area contributed by atoms with Gasteiger partial charge in [-0.3, -0.25) is 15.1 Å². The molecule has 0 radical (unpaired) electrons. The Labute approximate surface area is 127 Å². The number of pyridine rings is 1. The molecular formula is C15H16N4OS. The fourth-order valence-corrected chi connectivity index (χ4v) is 2.96. The number of nitrogens with zero attached hydrogens (tertiary/aromatic N) is 2. The van der Waals surface area contributed by atoms with Crippen LogP contribution < -0.4 is 10.6 Å². The van der Waals surface area contributed by atoms with Gasteiger partial charge < -0.3 is 5.32 Å². The minimum Gasteiger partial charge on any atom is -0.354 e. The largest absolute Gasteiger partial charge is 0.354 e. The third-order valence-corrected chi connectivity index (χ3v) is 4.15. The average molecular weight is 300 g/mol. The summed E-state index contributed by atoms with van der Waals surface area (Å²) in [6.45, 7) is 1.36. The van der Waals surface area contributed by atoms with Gasteiger partial charge in [-0.2, -0.15) is 0 Å². The summed E-state index contributed by atoms with van der Waals surface area (Å²) in [5.41, 5.74) is 2.02. The molecule has 3 rings (SSSR count). The average Bonchev–Trinajstić information content (AvgIpc) is 3.20. The molecule has 0 saturated carbocycles. The van der Waals surface area contributed by atoms with Gasteiger partial charge in [0.2, 0.25) is 5.91 Å². The van der Waals surface area contributed by atoms with Gasteiger partial charge in [0.05, 0.1) is 5.69 Å². The topological polar surface area (TPSA) is 66.9 Å². The van der Waals surface area contributed by atoms with Crippen molar-refractivity contribution in [2.24, 2.45) is 0 Å². The zero-order valence-corrected chi connectivity index (χ0v) is 12.3. The minimum absolute atomic E-state index is 0.0199. The van der Waals surface area contributed by atoms with Crippen molar-refractivity contribution in [2.75, 3.05) is 13.1 Å². The Hall–Kier alpha value is -2.05. The Morgan fingerprint density at radius 2 is 2.48 bits per heavy atom. The lowest BCUT2D eigenvalue weighted by Crippen LogP contribution is -2.41. The molecule has 0 spiro atoms. The molecule has 6 heteroatoms. The van der Waals surface area contributed by atoms with Gasteiger partial charge in [0.25, 0.3) is 0 Å². The number of amides is 1. The first-order valence-corrected chi connectivity index (χ1v) is 7.73. The van der Waals surface area contributed by atoms with Gasteiger partial charge in [-0.15, -0.1) is 11.3 Å². The number of carbonyl (C=O) groups is 1. The summed E-state index contributed by atoms with van der Waals surface area (Å²) < 4.78 is 0. The molecule has 0 aliphatic carbocycles. The maximum atomic E-state index is 11.8. The van der Waals surface area contributed by atoms with E-state index in [9.17, 15) is 4.79 Å². The van der Waals surface area contributed by atoms with Crippen molar-refractivity contribution in [1.82, 2.24) is 20.6 Å². The highest BCUT2D eigenvalue weighted by Gasteiger charge is 2.16. The second kappa shape index (κ2) is 6.60. The second-order valence-electron chi connectivity index (χ2n) is 4.74. The molecule has 3 heterocycles. The van der Waals surface area contributed by atoms with Gasteiger partial charge in [-0.1, -0.05) is 12.2 Å². The van der Waals surface area contributed by atoms with E-state index in [-0.39, 0.29) is 11.9 Å². The van der Waals surface area contributed by atoms with E-state index in [0.717, 1.165) is 29.2 Å². The first-order valence-electron chi connectivity index (χ1n) is 6.85. The monoisotopic (exact) mass is 300 g/mol. The predicted octanol–water partition coefficient (Wildman–Crippen LogP) is 1.39. The maximum Gasteiger partial charge on any atom is 0.241 e. The molecular weight excluding hydrogens is 284 g/mol. The molecule has 1 amide bonds. The fourth-order valence-electron chi connectivity index (χ4n) is 2.11. The quantitative estimate of drug-likeness (QED) is 0.819. The zero-order valence-electron chi connectivity index (χ0n) is 11.5. The van der Waals surface area contributed by atoms with Crippen LogP contribution >= 0.6 is 11.3 Å². The van der Waals surface area contributed by atoms with Crippen LogP contribution in [0.4, 0.5) is 0 Å². The smallest absolute Gasteiger partial charge is 0.241 e. The van der Waals surface area contributed by atoms with Crippen molar-refractivity contribution in [3.63, 3.8) is 0 Å². The lowest BCUT2D eigenvalue weighted by Gasteiger charge is -2.09. The van der Waals surface area contributed by atoms with Gasteiger partial charge in [0.1, 0.15) is 11.0 Å². The normalized spacial score (nSPS) is 17.0. The number of carbonyl (C=O) groups excluding carboxylic acids is 1. The van der Waals surface area contributed by atoms with E-state index in [2.05, 4.69) is 20.6 Å². The van der Waals surface area contributed by atoms with Crippen molar-refractivity contribution >= 4 is 17.2 Å². The molecule has 108 valence electrons. The molecule has 0 fully saturated rings. The predicted molar refractivity (Wildman–Crippen MR) is 83.0 cm³/mol. The van der Waals surface area contributed by atoms with Crippen LogP contribution in [0.2, 0.25) is 0 Å². The van der Waals surface area contributed by atoms with Crippen molar-refractivity contribution in [2.45, 2.75) is 12.5 Å². The number of thiazole rings is 1. The van der Waals surface area contributed by atoms with Crippen LogP contribution in [0, 0.1) is 0 Å². The molecule has 21 heavy (non-hydrogen) atoms. The lowest BCUT2D eigenvalue weighted by molar-refractivity contribution is -0.121. The Bertz CT molecular complexity index is 638. The molecule has 0 saturated heterocycles. The highest BCUT2D eigenvalue weighted by Crippen LogP contribution is 2.22. The van der Waals surface area contributed by atoms with Crippen LogP contribution in [0.5, 0.6) is 0 Å². The van der Waals surface area contributed by atoms with Crippen molar-refractivity contribution < 1.29 is 4.79 Å². The van der Waals surface area contributed by atoms with Gasteiger partial charge in [0, 0.05) is 42.8 Å². The summed E-state index contributed by atoms with van der Waals surface area (Å²) in [6.07, 6.45) is 8.14. The fraction of sp³-hybridized carbons (Fsp3) is 0.267. The van der Waals surface area contributed by atoms with E-state index in [1.807, 2.05) is 35.9 Å². The van der Waals surface area contributed by atoms with E-state index in [1.54, 1.807) is 17.5 Å². The summed E-state index contributed by atoms with van der Waals surface area (Å²) in [4.78, 5) is 20.5. The van der Waals surface area contributed by atoms with Crippen molar-refractivity contribution in [3.05, 3.63) is 47.8 Å². The summed E-state index contributed by atoms with van der Waals surface area (Å²) in [5.74, 6) is 0.0199. The molecule has 2 N–H and O–H groups in total. The maximum absolute atomic E-state index is 11.8. The highest BCUT2D eigenvalue weighted by molar-refractivity contribution is 7.13. The molecule has 0 aromatic carbocycles. The van der Waals surface area contributed by atoms with E-state index < -0.39 is 0 Å². The summed E-state index contributed by atoms with van der Waals surface area (Å²) in [7, 11) is 0. The molecule has 5 nitrogen and oxygen atoms in total. The Kier molecular flexibility index (Phi) is 4.37. The zero-order chi connectivity index (χ0) is 14.5. The second-order valence-corrected chi connectivity index (χ2v) is 5.60. The molecule has 0 bridgehead atoms. The van der Waals surface area contributed by atoms with Crippen LogP contribution in [0.25, 0.3) is 10.6 Å². The standard InChI is InChI=1S/C15H16N4OS/c20-14(13-4-2-7-17-13)18-8-5-12-10-21-15(19-12)11-3-1-6-16-9-11/h1-4,6,9-10,13,17H,5,7-8H2,(H,18,20)/t13-/m0/s1. The summed E-state index contributed by atoms with van der Waals surface area (Å²) >= 11 is 1.60. The van der Waals surface area contributed by atoms with Crippen molar-refractivity contribution in [3.8, 4) is 10.6 Å². The van der Waals surface area contributed by atoms with Gasteiger partial charge in [0.15, 0.2) is 0 Å². The summed E-state index contributed by atoms with van der Waals surface area (Å²) in [6, 6.07) is 3.71. The number of rotatable bonds is 5. The number of nitrogens with one attached hydrogen (secondary N) is 2. The van der Waals surface area contributed by atoms with Crippen LogP contribution in [0.3, 0.4) is 0 Å². The van der Waals surface area contributed by atoms with E-state index in [4.69, 9.17) is 0 Å². The Morgan fingerprint density at radius 1 is 1.52 bits per heavy atom. The molecule has 2 aromatic heterocycles. The highest BCUT2D eigenvalue weighted by atomic mass is 32.1. The molecule has 1 atom stereocenters. The van der Waals surface area contributed by atoms with Crippen LogP contribution in [-0.2, 0) is 11.2 Å². The lowest BCUT2D eigenvalue weighted by atomic mass is 10.2. The Morgan fingerprint density at radius 3 is 3.24 bits per heavy atom. The van der Waals surface area contributed by atoms with E-state index >= 15 is 0 Å².